The minimum atomic E-state index is -4.44. The van der Waals surface area contributed by atoms with E-state index in [4.69, 9.17) is 5.53 Å². The zero-order valence-electron chi connectivity index (χ0n) is 8.72. The van der Waals surface area contributed by atoms with Crippen molar-refractivity contribution in [1.29, 1.82) is 0 Å². The Morgan fingerprint density at radius 1 is 1.33 bits per heavy atom. The van der Waals surface area contributed by atoms with E-state index in [1.165, 1.54) is 11.4 Å². The summed E-state index contributed by atoms with van der Waals surface area (Å²) in [6, 6.07) is 6.23. The summed E-state index contributed by atoms with van der Waals surface area (Å²) in [6.45, 7) is 0. The second-order valence-electron chi connectivity index (χ2n) is 3.28. The lowest BCUT2D eigenvalue weighted by Gasteiger charge is -2.00. The van der Waals surface area contributed by atoms with Gasteiger partial charge in [0.2, 0.25) is 0 Å². The first-order chi connectivity index (χ1) is 8.50. The number of hydrogen-bond donors (Lipinski definition) is 0. The Hall–Kier alpha value is -2.05. The van der Waals surface area contributed by atoms with Crippen molar-refractivity contribution in [2.45, 2.75) is 6.18 Å². The molecular weight excluding hydrogens is 265 g/mol. The summed E-state index contributed by atoms with van der Waals surface area (Å²) in [6.07, 6.45) is -4.44. The van der Waals surface area contributed by atoms with E-state index in [0.29, 0.717) is 22.6 Å². The van der Waals surface area contributed by atoms with Crippen LogP contribution in [-0.2, 0) is 6.18 Å². The molecule has 0 aliphatic heterocycles. The molecule has 0 aliphatic rings. The van der Waals surface area contributed by atoms with Gasteiger partial charge in [0, 0.05) is 21.5 Å². The van der Waals surface area contributed by atoms with E-state index in [2.05, 4.69) is 15.0 Å². The average molecular weight is 270 g/mol. The van der Waals surface area contributed by atoms with Gasteiger partial charge in [-0.3, -0.25) is 0 Å². The summed E-state index contributed by atoms with van der Waals surface area (Å²) in [5, 5.41) is 3.80. The fraction of sp³-hybridized carbons (Fsp3) is 0.100. The van der Waals surface area contributed by atoms with Gasteiger partial charge in [-0.1, -0.05) is 23.3 Å². The first kappa shape index (κ1) is 12.4. The van der Waals surface area contributed by atoms with E-state index >= 15 is 0 Å². The maximum atomic E-state index is 12.4. The number of alkyl halides is 3. The van der Waals surface area contributed by atoms with Crippen molar-refractivity contribution in [3.8, 4) is 11.3 Å². The molecule has 0 aliphatic carbocycles. The van der Waals surface area contributed by atoms with E-state index in [9.17, 15) is 13.2 Å². The molecule has 0 saturated heterocycles. The molecule has 2 rings (SSSR count). The standard InChI is InChI=1S/C10H5F3N4S/c11-10(12,13)9-15-8(5-18-9)6-2-1-3-7(4-6)16-17-14/h1-5H. The number of hydrogen-bond acceptors (Lipinski definition) is 3. The number of benzene rings is 1. The van der Waals surface area contributed by atoms with Crippen LogP contribution in [0.4, 0.5) is 18.9 Å². The molecule has 0 N–H and O–H groups in total. The van der Waals surface area contributed by atoms with E-state index in [0.717, 1.165) is 0 Å². The number of thiazole rings is 1. The molecule has 0 unspecified atom stereocenters. The van der Waals surface area contributed by atoms with Crippen LogP contribution >= 0.6 is 11.3 Å². The Bertz CT molecular complexity index is 614. The van der Waals surface area contributed by atoms with Crippen LogP contribution in [0.15, 0.2) is 34.8 Å². The number of azide groups is 1. The SMILES string of the molecule is [N-]=[N+]=Nc1cccc(-c2csc(C(F)(F)F)n2)c1. The summed E-state index contributed by atoms with van der Waals surface area (Å²) < 4.78 is 37.2. The second kappa shape index (κ2) is 4.67. The highest BCUT2D eigenvalue weighted by molar-refractivity contribution is 7.10. The topological polar surface area (TPSA) is 61.7 Å². The number of aromatic nitrogens is 1. The van der Waals surface area contributed by atoms with Gasteiger partial charge in [0.25, 0.3) is 0 Å². The molecule has 4 nitrogen and oxygen atoms in total. The summed E-state index contributed by atoms with van der Waals surface area (Å²) in [5.41, 5.74) is 9.31. The fourth-order valence-electron chi connectivity index (χ4n) is 1.32. The molecule has 0 amide bonds. The highest BCUT2D eigenvalue weighted by Crippen LogP contribution is 2.34. The number of halogens is 3. The lowest BCUT2D eigenvalue weighted by molar-refractivity contribution is -0.137. The lowest BCUT2D eigenvalue weighted by atomic mass is 10.1. The van der Waals surface area contributed by atoms with Crippen LogP contribution < -0.4 is 0 Å². The monoisotopic (exact) mass is 270 g/mol. The Labute approximate surface area is 103 Å². The zero-order chi connectivity index (χ0) is 13.2. The van der Waals surface area contributed by atoms with Gasteiger partial charge in [-0.25, -0.2) is 4.98 Å². The van der Waals surface area contributed by atoms with Crippen LogP contribution in [0, 0.1) is 0 Å². The summed E-state index contributed by atoms with van der Waals surface area (Å²) >= 11 is 0.531. The van der Waals surface area contributed by atoms with Gasteiger partial charge in [-0.15, -0.1) is 11.3 Å². The van der Waals surface area contributed by atoms with Crippen LogP contribution in [0.3, 0.4) is 0 Å². The van der Waals surface area contributed by atoms with Crippen molar-refractivity contribution in [2.75, 3.05) is 0 Å². The van der Waals surface area contributed by atoms with Crippen molar-refractivity contribution in [1.82, 2.24) is 4.98 Å². The van der Waals surface area contributed by atoms with Gasteiger partial charge >= 0.3 is 6.18 Å². The Morgan fingerprint density at radius 3 is 2.72 bits per heavy atom. The molecule has 1 heterocycles. The van der Waals surface area contributed by atoms with Gasteiger partial charge < -0.3 is 0 Å². The van der Waals surface area contributed by atoms with Gasteiger partial charge in [-0.2, -0.15) is 13.2 Å². The summed E-state index contributed by atoms with van der Waals surface area (Å²) in [7, 11) is 0. The normalized spacial score (nSPS) is 11.1. The molecule has 0 atom stereocenters. The maximum Gasteiger partial charge on any atom is 0.443 e. The van der Waals surface area contributed by atoms with Gasteiger partial charge in [0.15, 0.2) is 5.01 Å². The van der Waals surface area contributed by atoms with E-state index in [-0.39, 0.29) is 5.69 Å². The van der Waals surface area contributed by atoms with Crippen LogP contribution in [-0.4, -0.2) is 4.98 Å². The minimum absolute atomic E-state index is 0.210. The smallest absolute Gasteiger partial charge is 0.232 e. The largest absolute Gasteiger partial charge is 0.443 e. The van der Waals surface area contributed by atoms with Crippen LogP contribution in [0.5, 0.6) is 0 Å². The molecular formula is C10H5F3N4S. The van der Waals surface area contributed by atoms with Crippen molar-refractivity contribution < 1.29 is 13.2 Å². The van der Waals surface area contributed by atoms with Crippen molar-refractivity contribution in [3.63, 3.8) is 0 Å². The molecule has 92 valence electrons. The lowest BCUT2D eigenvalue weighted by Crippen LogP contribution is -2.03. The molecule has 0 saturated carbocycles. The molecule has 8 heteroatoms. The molecule has 1 aromatic carbocycles. The quantitative estimate of drug-likeness (QED) is 0.440. The Morgan fingerprint density at radius 2 is 2.11 bits per heavy atom. The molecule has 0 radical (unpaired) electrons. The van der Waals surface area contributed by atoms with Crippen LogP contribution in [0.1, 0.15) is 5.01 Å². The zero-order valence-corrected chi connectivity index (χ0v) is 9.53. The molecule has 18 heavy (non-hydrogen) atoms. The van der Waals surface area contributed by atoms with Crippen LogP contribution in [0.2, 0.25) is 0 Å². The molecule has 0 fully saturated rings. The van der Waals surface area contributed by atoms with E-state index in [1.54, 1.807) is 18.2 Å². The first-order valence-electron chi connectivity index (χ1n) is 4.69. The first-order valence-corrected chi connectivity index (χ1v) is 5.57. The third-order valence-corrected chi connectivity index (χ3v) is 2.94. The average Bonchev–Trinajstić information content (AvgIpc) is 2.78. The number of nitrogens with zero attached hydrogens (tertiary/aromatic N) is 4. The van der Waals surface area contributed by atoms with Crippen molar-refractivity contribution in [2.24, 2.45) is 5.11 Å². The summed E-state index contributed by atoms with van der Waals surface area (Å²) in [4.78, 5) is 6.12. The molecule has 0 spiro atoms. The van der Waals surface area contributed by atoms with Crippen molar-refractivity contribution >= 4 is 17.0 Å². The molecule has 0 bridgehead atoms. The predicted octanol–water partition coefficient (Wildman–Crippen LogP) is 4.77. The third-order valence-electron chi connectivity index (χ3n) is 2.05. The van der Waals surface area contributed by atoms with E-state index < -0.39 is 11.2 Å². The molecule has 1 aromatic heterocycles. The second-order valence-corrected chi connectivity index (χ2v) is 4.13. The highest BCUT2D eigenvalue weighted by Gasteiger charge is 2.34. The Balaban J connectivity index is 2.40. The van der Waals surface area contributed by atoms with Gasteiger partial charge in [0.05, 0.1) is 5.69 Å². The van der Waals surface area contributed by atoms with Gasteiger partial charge in [0.1, 0.15) is 0 Å². The molecule has 2 aromatic rings. The van der Waals surface area contributed by atoms with E-state index in [1.807, 2.05) is 0 Å². The third kappa shape index (κ3) is 2.61. The van der Waals surface area contributed by atoms with Crippen molar-refractivity contribution in [3.05, 3.63) is 45.1 Å². The van der Waals surface area contributed by atoms with Crippen LogP contribution in [0.25, 0.3) is 21.7 Å². The van der Waals surface area contributed by atoms with Gasteiger partial charge in [-0.05, 0) is 11.6 Å². The highest BCUT2D eigenvalue weighted by atomic mass is 32.1. The Kier molecular flexibility index (Phi) is 3.22. The fourth-order valence-corrected chi connectivity index (χ4v) is 2.01. The summed E-state index contributed by atoms with van der Waals surface area (Å²) in [5.74, 6) is 0. The predicted molar refractivity (Wildman–Crippen MR) is 61.4 cm³/mol. The minimum Gasteiger partial charge on any atom is -0.232 e. The maximum absolute atomic E-state index is 12.4. The number of rotatable bonds is 2.